The number of hydrogen-bond donors (Lipinski definition) is 1. The van der Waals surface area contributed by atoms with Crippen molar-refractivity contribution in [3.63, 3.8) is 0 Å². The maximum absolute atomic E-state index is 6.31. The van der Waals surface area contributed by atoms with Gasteiger partial charge in [-0.2, -0.15) is 0 Å². The minimum Gasteiger partial charge on any atom is -0.396 e. The molecular formula is C18H15BrN2. The fraction of sp³-hybridized carbons (Fsp3) is 0.111. The van der Waals surface area contributed by atoms with E-state index in [4.69, 9.17) is 5.73 Å². The average molecular weight is 339 g/mol. The van der Waals surface area contributed by atoms with Crippen LogP contribution in [0.1, 0.15) is 17.7 Å². The van der Waals surface area contributed by atoms with Gasteiger partial charge in [-0.3, -0.25) is 0 Å². The fourth-order valence-electron chi connectivity index (χ4n) is 3.17. The second kappa shape index (κ2) is 4.78. The van der Waals surface area contributed by atoms with Crippen LogP contribution in [0.15, 0.2) is 53.0 Å². The molecule has 1 aliphatic carbocycles. The van der Waals surface area contributed by atoms with E-state index in [0.29, 0.717) is 0 Å². The quantitative estimate of drug-likeness (QED) is 0.626. The Kier molecular flexibility index (Phi) is 2.89. The molecular weight excluding hydrogens is 324 g/mol. The summed E-state index contributed by atoms with van der Waals surface area (Å²) in [5.74, 6) is 0. The van der Waals surface area contributed by atoms with Crippen LogP contribution in [-0.2, 0) is 6.42 Å². The number of nitrogens with two attached hydrogens (primary N) is 1. The third-order valence-electron chi connectivity index (χ3n) is 4.12. The summed E-state index contributed by atoms with van der Waals surface area (Å²) >= 11 is 3.54. The Labute approximate surface area is 132 Å². The van der Waals surface area contributed by atoms with Crippen LogP contribution in [0.5, 0.6) is 0 Å². The molecule has 2 nitrogen and oxygen atoms in total. The molecule has 0 saturated carbocycles. The zero-order valence-electron chi connectivity index (χ0n) is 11.5. The summed E-state index contributed by atoms with van der Waals surface area (Å²) in [7, 11) is 0. The number of aromatic nitrogens is 1. The topological polar surface area (TPSA) is 30.9 Å². The van der Waals surface area contributed by atoms with Gasteiger partial charge in [0, 0.05) is 21.1 Å². The van der Waals surface area contributed by atoms with Crippen LogP contribution < -0.4 is 5.73 Å². The summed E-state index contributed by atoms with van der Waals surface area (Å²) in [4.78, 5) is 0. The van der Waals surface area contributed by atoms with Crippen LogP contribution in [0.25, 0.3) is 22.7 Å². The molecule has 1 aliphatic rings. The van der Waals surface area contributed by atoms with E-state index in [1.807, 2.05) is 12.1 Å². The molecule has 0 unspecified atom stereocenters. The Morgan fingerprint density at radius 2 is 1.90 bits per heavy atom. The minimum absolute atomic E-state index is 0.788. The SMILES string of the molecule is Nc1c(Br)cccc1-n1c2c(c3ccccc31)C=CCC2. The fourth-order valence-corrected chi connectivity index (χ4v) is 3.52. The van der Waals surface area contributed by atoms with Crippen molar-refractivity contribution in [2.45, 2.75) is 12.8 Å². The first-order valence-electron chi connectivity index (χ1n) is 7.10. The van der Waals surface area contributed by atoms with Gasteiger partial charge < -0.3 is 10.3 Å². The van der Waals surface area contributed by atoms with Crippen LogP contribution in [0.4, 0.5) is 5.69 Å². The molecule has 0 aliphatic heterocycles. The molecule has 0 atom stereocenters. The molecule has 3 aromatic rings. The molecule has 2 aromatic carbocycles. The van der Waals surface area contributed by atoms with Crippen molar-refractivity contribution in [1.29, 1.82) is 0 Å². The van der Waals surface area contributed by atoms with Gasteiger partial charge in [0.1, 0.15) is 0 Å². The lowest BCUT2D eigenvalue weighted by Crippen LogP contribution is -2.06. The van der Waals surface area contributed by atoms with E-state index >= 15 is 0 Å². The summed E-state index contributed by atoms with van der Waals surface area (Å²) in [6.07, 6.45) is 6.62. The van der Waals surface area contributed by atoms with E-state index in [0.717, 1.165) is 28.7 Å². The van der Waals surface area contributed by atoms with E-state index in [-0.39, 0.29) is 0 Å². The largest absolute Gasteiger partial charge is 0.396 e. The lowest BCUT2D eigenvalue weighted by atomic mass is 10.0. The molecule has 21 heavy (non-hydrogen) atoms. The van der Waals surface area contributed by atoms with Crippen molar-refractivity contribution in [1.82, 2.24) is 4.57 Å². The predicted molar refractivity (Wildman–Crippen MR) is 92.7 cm³/mol. The number of para-hydroxylation sites is 2. The highest BCUT2D eigenvalue weighted by atomic mass is 79.9. The highest BCUT2D eigenvalue weighted by Gasteiger charge is 2.19. The highest BCUT2D eigenvalue weighted by molar-refractivity contribution is 9.10. The van der Waals surface area contributed by atoms with Crippen LogP contribution in [-0.4, -0.2) is 4.57 Å². The van der Waals surface area contributed by atoms with Crippen LogP contribution in [0.3, 0.4) is 0 Å². The number of hydrogen-bond acceptors (Lipinski definition) is 1. The number of halogens is 1. The summed E-state index contributed by atoms with van der Waals surface area (Å²) in [5.41, 5.74) is 12.1. The van der Waals surface area contributed by atoms with Crippen LogP contribution >= 0.6 is 15.9 Å². The monoisotopic (exact) mass is 338 g/mol. The number of nitrogens with zero attached hydrogens (tertiary/aromatic N) is 1. The Hall–Kier alpha value is -2.00. The first-order chi connectivity index (χ1) is 10.3. The number of allylic oxidation sites excluding steroid dienone is 1. The maximum Gasteiger partial charge on any atom is 0.0703 e. The minimum atomic E-state index is 0.788. The Morgan fingerprint density at radius 1 is 1.05 bits per heavy atom. The Bertz CT molecular complexity index is 874. The molecule has 1 aromatic heterocycles. The smallest absolute Gasteiger partial charge is 0.0703 e. The predicted octanol–water partition coefficient (Wildman–Crippen LogP) is 4.93. The van der Waals surface area contributed by atoms with Crippen molar-refractivity contribution >= 4 is 38.6 Å². The normalized spacial score (nSPS) is 13.6. The summed E-state index contributed by atoms with van der Waals surface area (Å²) in [5, 5.41) is 1.29. The highest BCUT2D eigenvalue weighted by Crippen LogP contribution is 2.36. The zero-order valence-corrected chi connectivity index (χ0v) is 13.1. The van der Waals surface area contributed by atoms with Gasteiger partial charge in [-0.15, -0.1) is 0 Å². The molecule has 0 bridgehead atoms. The van der Waals surface area contributed by atoms with Crippen LogP contribution in [0.2, 0.25) is 0 Å². The lowest BCUT2D eigenvalue weighted by molar-refractivity contribution is 0.889. The van der Waals surface area contributed by atoms with Crippen molar-refractivity contribution in [3.05, 3.63) is 64.3 Å². The third kappa shape index (κ3) is 1.84. The number of rotatable bonds is 1. The molecule has 104 valence electrons. The number of nitrogen functional groups attached to an aromatic ring is 1. The van der Waals surface area contributed by atoms with Gasteiger partial charge in [0.25, 0.3) is 0 Å². The standard InChI is InChI=1S/C18H15BrN2/c19-14-8-5-11-17(18(14)20)21-15-9-3-1-6-12(15)13-7-2-4-10-16(13)21/h1-3,5-9,11H,4,10,20H2. The van der Waals surface area contributed by atoms with E-state index in [2.05, 4.69) is 63.0 Å². The number of benzene rings is 2. The first-order valence-corrected chi connectivity index (χ1v) is 7.90. The molecule has 3 heteroatoms. The third-order valence-corrected chi connectivity index (χ3v) is 4.81. The van der Waals surface area contributed by atoms with Gasteiger partial charge in [-0.05, 0) is 47.0 Å². The van der Waals surface area contributed by atoms with E-state index in [1.54, 1.807) is 0 Å². The van der Waals surface area contributed by atoms with E-state index in [1.165, 1.54) is 22.2 Å². The van der Waals surface area contributed by atoms with E-state index in [9.17, 15) is 0 Å². The van der Waals surface area contributed by atoms with Gasteiger partial charge >= 0.3 is 0 Å². The summed E-state index contributed by atoms with van der Waals surface area (Å²) in [6.45, 7) is 0. The molecule has 4 rings (SSSR count). The van der Waals surface area contributed by atoms with Gasteiger partial charge in [0.05, 0.1) is 16.9 Å². The van der Waals surface area contributed by atoms with Gasteiger partial charge in [-0.25, -0.2) is 0 Å². The van der Waals surface area contributed by atoms with Crippen LogP contribution in [0, 0.1) is 0 Å². The number of anilines is 1. The molecule has 0 amide bonds. The van der Waals surface area contributed by atoms with Crippen molar-refractivity contribution < 1.29 is 0 Å². The molecule has 1 heterocycles. The summed E-state index contributed by atoms with van der Waals surface area (Å²) < 4.78 is 3.26. The first kappa shape index (κ1) is 12.7. The van der Waals surface area contributed by atoms with Gasteiger partial charge in [0.2, 0.25) is 0 Å². The zero-order chi connectivity index (χ0) is 14.4. The van der Waals surface area contributed by atoms with Crippen molar-refractivity contribution in [2.24, 2.45) is 0 Å². The van der Waals surface area contributed by atoms with Crippen molar-refractivity contribution in [3.8, 4) is 5.69 Å². The summed E-state index contributed by atoms with van der Waals surface area (Å²) in [6, 6.07) is 14.6. The van der Waals surface area contributed by atoms with Gasteiger partial charge in [-0.1, -0.05) is 36.4 Å². The second-order valence-corrected chi connectivity index (χ2v) is 6.18. The lowest BCUT2D eigenvalue weighted by Gasteiger charge is -2.15. The molecule has 0 fully saturated rings. The Morgan fingerprint density at radius 3 is 2.81 bits per heavy atom. The van der Waals surface area contributed by atoms with Gasteiger partial charge in [0.15, 0.2) is 0 Å². The second-order valence-electron chi connectivity index (χ2n) is 5.33. The molecule has 0 radical (unpaired) electrons. The average Bonchev–Trinajstić information content (AvgIpc) is 2.85. The van der Waals surface area contributed by atoms with Crippen molar-refractivity contribution in [2.75, 3.05) is 5.73 Å². The maximum atomic E-state index is 6.31. The molecule has 0 spiro atoms. The number of fused-ring (bicyclic) bond motifs is 3. The Balaban J connectivity index is 2.14. The molecule has 2 N–H and O–H groups in total. The molecule has 0 saturated heterocycles. The van der Waals surface area contributed by atoms with E-state index < -0.39 is 0 Å².